The van der Waals surface area contributed by atoms with Gasteiger partial charge >= 0.3 is 6.18 Å². The van der Waals surface area contributed by atoms with Crippen molar-refractivity contribution in [3.8, 4) is 11.8 Å². The number of rotatable bonds is 1. The number of carbonyl (C=O) groups is 1. The van der Waals surface area contributed by atoms with Gasteiger partial charge in [-0.05, 0) is 24.6 Å². The van der Waals surface area contributed by atoms with E-state index in [1.54, 1.807) is 6.07 Å². The summed E-state index contributed by atoms with van der Waals surface area (Å²) < 4.78 is 69.5. The summed E-state index contributed by atoms with van der Waals surface area (Å²) in [7, 11) is 0. The molecule has 1 aliphatic rings. The van der Waals surface area contributed by atoms with Crippen LogP contribution in [0.1, 0.15) is 41.0 Å². The van der Waals surface area contributed by atoms with Crippen molar-refractivity contribution in [2.24, 2.45) is 5.41 Å². The van der Waals surface area contributed by atoms with Crippen molar-refractivity contribution < 1.29 is 26.7 Å². The summed E-state index contributed by atoms with van der Waals surface area (Å²) in [6.07, 6.45) is -6.38. The SMILES string of the molecule is CC1(C)Cc2c(c(C(F)(F)F)cn2-c2ccc(C#N)c(F)c2)C(=O)C1F. The standard InChI is InChI=1S/C18H13F5N2O/c1-17(2)6-13-14(15(26)16(17)20)11(18(21,22)23)8-25(13)10-4-3-9(7-24)12(19)5-10/h3-5,8,16H,6H2,1-2H3. The summed E-state index contributed by atoms with van der Waals surface area (Å²) in [4.78, 5) is 12.3. The molecule has 136 valence electrons. The van der Waals surface area contributed by atoms with Crippen LogP contribution in [0.4, 0.5) is 22.0 Å². The third-order valence-electron chi connectivity index (χ3n) is 4.55. The largest absolute Gasteiger partial charge is 0.418 e. The molecule has 0 amide bonds. The maximum absolute atomic E-state index is 14.4. The molecule has 0 bridgehead atoms. The van der Waals surface area contributed by atoms with E-state index in [0.29, 0.717) is 6.20 Å². The predicted molar refractivity (Wildman–Crippen MR) is 82.2 cm³/mol. The Morgan fingerprint density at radius 1 is 1.31 bits per heavy atom. The number of hydrogen-bond acceptors (Lipinski definition) is 2. The molecule has 0 saturated heterocycles. The molecule has 0 saturated carbocycles. The lowest BCUT2D eigenvalue weighted by molar-refractivity contribution is -0.138. The Morgan fingerprint density at radius 2 is 1.96 bits per heavy atom. The zero-order valence-corrected chi connectivity index (χ0v) is 13.8. The minimum absolute atomic E-state index is 0.0224. The zero-order chi connectivity index (χ0) is 19.4. The van der Waals surface area contributed by atoms with Crippen LogP contribution in [0.15, 0.2) is 24.4 Å². The van der Waals surface area contributed by atoms with Gasteiger partial charge in [-0.1, -0.05) is 13.8 Å². The fourth-order valence-electron chi connectivity index (χ4n) is 3.19. The smallest absolute Gasteiger partial charge is 0.319 e. The van der Waals surface area contributed by atoms with Gasteiger partial charge in [0, 0.05) is 23.0 Å². The molecule has 1 unspecified atom stereocenters. The summed E-state index contributed by atoms with van der Waals surface area (Å²) in [5, 5.41) is 8.78. The topological polar surface area (TPSA) is 45.8 Å². The van der Waals surface area contributed by atoms with E-state index in [0.717, 1.165) is 16.7 Å². The number of carbonyl (C=O) groups excluding carboxylic acids is 1. The number of Topliss-reactive ketones (excluding diaryl/α,β-unsaturated/α-hetero) is 1. The first kappa shape index (κ1) is 18.1. The maximum atomic E-state index is 14.4. The van der Waals surface area contributed by atoms with Gasteiger partial charge in [0.05, 0.1) is 16.7 Å². The molecule has 3 rings (SSSR count). The second-order valence-electron chi connectivity index (χ2n) is 6.90. The van der Waals surface area contributed by atoms with Gasteiger partial charge in [0.15, 0.2) is 12.0 Å². The van der Waals surface area contributed by atoms with Crippen molar-refractivity contribution in [3.63, 3.8) is 0 Å². The van der Waals surface area contributed by atoms with Crippen molar-refractivity contribution in [2.75, 3.05) is 0 Å². The number of ketones is 1. The number of alkyl halides is 4. The Bertz CT molecular complexity index is 950. The first-order valence-corrected chi connectivity index (χ1v) is 7.67. The van der Waals surface area contributed by atoms with Crippen LogP contribution in [0.25, 0.3) is 5.69 Å². The van der Waals surface area contributed by atoms with Gasteiger partial charge in [-0.2, -0.15) is 18.4 Å². The summed E-state index contributed by atoms with van der Waals surface area (Å²) in [6.45, 7) is 2.89. The molecule has 1 heterocycles. The van der Waals surface area contributed by atoms with E-state index in [1.807, 2.05) is 0 Å². The van der Waals surface area contributed by atoms with E-state index in [1.165, 1.54) is 19.9 Å². The molecular formula is C18H13F5N2O. The van der Waals surface area contributed by atoms with Crippen LogP contribution in [-0.2, 0) is 12.6 Å². The maximum Gasteiger partial charge on any atom is 0.418 e. The Kier molecular flexibility index (Phi) is 3.94. The van der Waals surface area contributed by atoms with Gasteiger partial charge in [-0.15, -0.1) is 0 Å². The fourth-order valence-corrected chi connectivity index (χ4v) is 3.19. The average molecular weight is 368 g/mol. The summed E-state index contributed by atoms with van der Waals surface area (Å²) >= 11 is 0. The Morgan fingerprint density at radius 3 is 2.50 bits per heavy atom. The van der Waals surface area contributed by atoms with Gasteiger partial charge in [0.25, 0.3) is 0 Å². The van der Waals surface area contributed by atoms with Crippen molar-refractivity contribution >= 4 is 5.78 Å². The average Bonchev–Trinajstić information content (AvgIpc) is 2.91. The van der Waals surface area contributed by atoms with Crippen molar-refractivity contribution in [1.82, 2.24) is 4.57 Å². The Labute approximate surface area is 145 Å². The van der Waals surface area contributed by atoms with Gasteiger partial charge in [0.1, 0.15) is 11.9 Å². The van der Waals surface area contributed by atoms with Crippen LogP contribution in [-0.4, -0.2) is 16.5 Å². The molecule has 0 radical (unpaired) electrons. The number of aromatic nitrogens is 1. The van der Waals surface area contributed by atoms with E-state index < -0.39 is 40.5 Å². The highest BCUT2D eigenvalue weighted by Gasteiger charge is 2.49. The molecular weight excluding hydrogens is 355 g/mol. The zero-order valence-electron chi connectivity index (χ0n) is 13.8. The second kappa shape index (κ2) is 5.66. The van der Waals surface area contributed by atoms with Crippen molar-refractivity contribution in [1.29, 1.82) is 5.26 Å². The van der Waals surface area contributed by atoms with E-state index in [2.05, 4.69) is 0 Å². The van der Waals surface area contributed by atoms with Crippen LogP contribution < -0.4 is 0 Å². The van der Waals surface area contributed by atoms with Crippen molar-refractivity contribution in [3.05, 3.63) is 52.6 Å². The molecule has 0 fully saturated rings. The highest BCUT2D eigenvalue weighted by atomic mass is 19.4. The van der Waals surface area contributed by atoms with Crippen LogP contribution >= 0.6 is 0 Å². The monoisotopic (exact) mass is 368 g/mol. The Hall–Kier alpha value is -2.69. The van der Waals surface area contributed by atoms with E-state index >= 15 is 0 Å². The fraction of sp³-hybridized carbons (Fsp3) is 0.333. The molecule has 2 aromatic rings. The van der Waals surface area contributed by atoms with Gasteiger partial charge < -0.3 is 4.57 Å². The number of nitrogens with zero attached hydrogens (tertiary/aromatic N) is 2. The molecule has 3 nitrogen and oxygen atoms in total. The lowest BCUT2D eigenvalue weighted by Gasteiger charge is -2.33. The Balaban J connectivity index is 2.29. The molecule has 0 aliphatic heterocycles. The molecule has 0 spiro atoms. The third kappa shape index (κ3) is 2.68. The lowest BCUT2D eigenvalue weighted by Crippen LogP contribution is -2.40. The summed E-state index contributed by atoms with van der Waals surface area (Å²) in [5.74, 6) is -2.12. The summed E-state index contributed by atoms with van der Waals surface area (Å²) in [6, 6.07) is 4.95. The minimum atomic E-state index is -4.86. The predicted octanol–water partition coefficient (Wildman–Crippen LogP) is 4.61. The highest BCUT2D eigenvalue weighted by Crippen LogP contribution is 2.44. The minimum Gasteiger partial charge on any atom is -0.319 e. The lowest BCUT2D eigenvalue weighted by atomic mass is 9.74. The molecule has 1 atom stereocenters. The van der Waals surface area contributed by atoms with E-state index in [9.17, 15) is 26.7 Å². The number of hydrogen-bond donors (Lipinski definition) is 0. The second-order valence-corrected chi connectivity index (χ2v) is 6.90. The third-order valence-corrected chi connectivity index (χ3v) is 4.55. The number of nitriles is 1. The molecule has 8 heteroatoms. The molecule has 0 N–H and O–H groups in total. The first-order chi connectivity index (χ1) is 12.0. The number of halogens is 5. The molecule has 1 aliphatic carbocycles. The summed E-state index contributed by atoms with van der Waals surface area (Å²) in [5.41, 5.74) is -3.42. The van der Waals surface area contributed by atoms with Crippen LogP contribution in [0.2, 0.25) is 0 Å². The van der Waals surface area contributed by atoms with E-state index in [4.69, 9.17) is 5.26 Å². The van der Waals surface area contributed by atoms with Gasteiger partial charge in [-0.3, -0.25) is 4.79 Å². The van der Waals surface area contributed by atoms with Crippen LogP contribution in [0.3, 0.4) is 0 Å². The number of benzene rings is 1. The molecule has 1 aromatic heterocycles. The van der Waals surface area contributed by atoms with Crippen LogP contribution in [0, 0.1) is 22.6 Å². The van der Waals surface area contributed by atoms with Gasteiger partial charge in [0.2, 0.25) is 0 Å². The molecule has 1 aromatic carbocycles. The first-order valence-electron chi connectivity index (χ1n) is 7.67. The highest BCUT2D eigenvalue weighted by molar-refractivity contribution is 6.04. The van der Waals surface area contributed by atoms with Crippen molar-refractivity contribution in [2.45, 2.75) is 32.6 Å². The quantitative estimate of drug-likeness (QED) is 0.690. The van der Waals surface area contributed by atoms with Gasteiger partial charge in [-0.25, -0.2) is 8.78 Å². The molecule has 26 heavy (non-hydrogen) atoms. The van der Waals surface area contributed by atoms with E-state index in [-0.39, 0.29) is 23.4 Å². The van der Waals surface area contributed by atoms with Crippen LogP contribution in [0.5, 0.6) is 0 Å². The number of fused-ring (bicyclic) bond motifs is 1. The normalized spacial score (nSPS) is 19.2.